The highest BCUT2D eigenvalue weighted by atomic mass is 16.5. The molecule has 0 bridgehead atoms. The molecule has 2 heterocycles. The zero-order valence-electron chi connectivity index (χ0n) is 36.0. The van der Waals surface area contributed by atoms with Crippen LogP contribution in [0.1, 0.15) is 41.8 Å². The number of fused-ring (bicyclic) bond motifs is 1. The summed E-state index contributed by atoms with van der Waals surface area (Å²) in [4.78, 5) is 91.0. The number of hydrogen-bond donors (Lipinski definition) is 8. The maximum Gasteiger partial charge on any atom is 0.245 e. The SMILES string of the molecule is CC(=O)N[C@H](Cc1cnc[nH]1)C(=O)N[C@H](Cc1ccc(OCc2ccccc2)cc1)C(=O)N[C@H](COCc1ccccc1)C(=O)N[C@H](Cc1c[nH]c2ccccc12)C(=O)N[C@@H](C)C(N)=O. The van der Waals surface area contributed by atoms with Gasteiger partial charge >= 0.3 is 0 Å². The van der Waals surface area contributed by atoms with Gasteiger partial charge in [0.25, 0.3) is 0 Å². The first-order chi connectivity index (χ1) is 31.4. The zero-order valence-corrected chi connectivity index (χ0v) is 36.0. The third-order valence-electron chi connectivity index (χ3n) is 10.5. The van der Waals surface area contributed by atoms with Gasteiger partial charge in [0, 0.05) is 55.2 Å². The number of nitrogens with two attached hydrogens (primary N) is 1. The van der Waals surface area contributed by atoms with Gasteiger partial charge in [0.1, 0.15) is 42.6 Å². The number of imidazole rings is 1. The van der Waals surface area contributed by atoms with Crippen molar-refractivity contribution in [1.29, 1.82) is 0 Å². The number of aromatic nitrogens is 3. The lowest BCUT2D eigenvalue weighted by Gasteiger charge is -2.27. The Morgan fingerprint density at radius 3 is 1.82 bits per heavy atom. The number of primary amides is 1. The summed E-state index contributed by atoms with van der Waals surface area (Å²) in [6, 6.07) is 27.2. The van der Waals surface area contributed by atoms with Crippen molar-refractivity contribution in [2.24, 2.45) is 5.73 Å². The molecule has 0 aliphatic rings. The molecule has 0 spiro atoms. The highest BCUT2D eigenvalue weighted by Crippen LogP contribution is 2.20. The molecule has 6 amide bonds. The van der Waals surface area contributed by atoms with E-state index in [1.54, 1.807) is 30.5 Å². The molecule has 338 valence electrons. The molecule has 6 rings (SSSR count). The van der Waals surface area contributed by atoms with Gasteiger partial charge in [0.05, 0.1) is 19.5 Å². The van der Waals surface area contributed by atoms with Gasteiger partial charge in [-0.15, -0.1) is 0 Å². The first-order valence-electron chi connectivity index (χ1n) is 21.1. The van der Waals surface area contributed by atoms with E-state index in [2.05, 4.69) is 41.5 Å². The lowest BCUT2D eigenvalue weighted by molar-refractivity contribution is -0.136. The van der Waals surface area contributed by atoms with E-state index in [9.17, 15) is 28.8 Å². The molecule has 4 aromatic carbocycles. The molecule has 2 aromatic heterocycles. The Morgan fingerprint density at radius 1 is 0.615 bits per heavy atom. The van der Waals surface area contributed by atoms with Crippen LogP contribution in [0.4, 0.5) is 0 Å². The third kappa shape index (κ3) is 14.1. The minimum Gasteiger partial charge on any atom is -0.489 e. The van der Waals surface area contributed by atoms with Crippen LogP contribution in [0.2, 0.25) is 0 Å². The highest BCUT2D eigenvalue weighted by Gasteiger charge is 2.33. The van der Waals surface area contributed by atoms with Crippen molar-refractivity contribution in [2.75, 3.05) is 6.61 Å². The Hall–Kier alpha value is -7.79. The molecule has 9 N–H and O–H groups in total. The summed E-state index contributed by atoms with van der Waals surface area (Å²) in [6.45, 7) is 2.79. The largest absolute Gasteiger partial charge is 0.489 e. The summed E-state index contributed by atoms with van der Waals surface area (Å²) in [5, 5.41) is 14.4. The predicted octanol–water partition coefficient (Wildman–Crippen LogP) is 2.66. The summed E-state index contributed by atoms with van der Waals surface area (Å²) in [7, 11) is 0. The molecule has 0 aliphatic heterocycles. The topological polar surface area (TPSA) is 252 Å². The number of carbonyl (C=O) groups is 6. The number of hydrogen-bond acceptors (Lipinski definition) is 9. The van der Waals surface area contributed by atoms with E-state index in [4.69, 9.17) is 15.2 Å². The van der Waals surface area contributed by atoms with Crippen molar-refractivity contribution >= 4 is 46.3 Å². The van der Waals surface area contributed by atoms with Gasteiger partial charge in [0.2, 0.25) is 35.4 Å². The molecule has 0 aliphatic carbocycles. The van der Waals surface area contributed by atoms with Crippen molar-refractivity contribution < 1.29 is 38.2 Å². The number of carbonyl (C=O) groups excluding carboxylic acids is 6. The number of para-hydroxylation sites is 1. The van der Waals surface area contributed by atoms with Gasteiger partial charge in [-0.2, -0.15) is 0 Å². The Morgan fingerprint density at radius 2 is 1.18 bits per heavy atom. The second-order valence-corrected chi connectivity index (χ2v) is 15.5. The molecule has 0 saturated carbocycles. The van der Waals surface area contributed by atoms with Crippen LogP contribution in [0.3, 0.4) is 0 Å². The summed E-state index contributed by atoms with van der Waals surface area (Å²) in [6.07, 6.45) is 4.70. The van der Waals surface area contributed by atoms with Crippen LogP contribution in [-0.2, 0) is 66.0 Å². The molecule has 6 aromatic rings. The fraction of sp³-hybridized carbons (Fsp3) is 0.271. The van der Waals surface area contributed by atoms with Crippen LogP contribution in [0.5, 0.6) is 5.75 Å². The first kappa shape index (κ1) is 46.7. The molecule has 65 heavy (non-hydrogen) atoms. The van der Waals surface area contributed by atoms with E-state index in [1.807, 2.05) is 84.9 Å². The van der Waals surface area contributed by atoms with Gasteiger partial charge in [-0.05, 0) is 47.4 Å². The van der Waals surface area contributed by atoms with Crippen LogP contribution in [0, 0.1) is 0 Å². The number of amides is 6. The summed E-state index contributed by atoms with van der Waals surface area (Å²) in [5.74, 6) is -3.56. The maximum absolute atomic E-state index is 14.5. The lowest BCUT2D eigenvalue weighted by atomic mass is 10.0. The minimum absolute atomic E-state index is 0.00319. The van der Waals surface area contributed by atoms with E-state index < -0.39 is 65.7 Å². The van der Waals surface area contributed by atoms with E-state index in [1.165, 1.54) is 26.4 Å². The standard InChI is InChI=1S/C48H53N9O8/c1-30(44(49)59)53-45(60)41(22-35-24-51-39-16-10-9-15-38(35)39)56-48(63)43(28-64-26-33-11-5-3-6-12-33)57-46(61)40(55-47(62)42(54-31(2)58)23-36-25-50-29-52-36)21-32-17-19-37(20-18-32)65-27-34-13-7-4-8-14-34/h3-20,24-25,29-30,40-43,51H,21-23,26-28H2,1-2H3,(H2,49,59)(H,50,52)(H,53,60)(H,54,58)(H,55,62)(H,56,63)(H,57,61)/t30-,40+,41+,42+,43+/m0/s1. The predicted molar refractivity (Wildman–Crippen MR) is 242 cm³/mol. The molecule has 0 radical (unpaired) electrons. The number of nitrogens with zero attached hydrogens (tertiary/aromatic N) is 1. The van der Waals surface area contributed by atoms with Crippen LogP contribution in [0.15, 0.2) is 128 Å². The van der Waals surface area contributed by atoms with Gasteiger partial charge in [-0.1, -0.05) is 91.0 Å². The maximum atomic E-state index is 14.5. The number of rotatable bonds is 23. The van der Waals surface area contributed by atoms with Crippen molar-refractivity contribution in [3.05, 3.63) is 156 Å². The lowest BCUT2D eigenvalue weighted by Crippen LogP contribution is -2.60. The van der Waals surface area contributed by atoms with Gasteiger partial charge in [0.15, 0.2) is 0 Å². The zero-order chi connectivity index (χ0) is 46.1. The van der Waals surface area contributed by atoms with Gasteiger partial charge in [-0.25, -0.2) is 4.98 Å². The Balaban J connectivity index is 1.26. The van der Waals surface area contributed by atoms with E-state index >= 15 is 0 Å². The molecular formula is C48H53N9O8. The Kier molecular flexibility index (Phi) is 16.6. The Labute approximate surface area is 375 Å². The van der Waals surface area contributed by atoms with Gasteiger partial charge < -0.3 is 51.8 Å². The molecule has 17 heteroatoms. The van der Waals surface area contributed by atoms with Crippen LogP contribution in [-0.4, -0.2) is 87.2 Å². The molecule has 0 fully saturated rings. The van der Waals surface area contributed by atoms with Gasteiger partial charge in [-0.3, -0.25) is 28.8 Å². The van der Waals surface area contributed by atoms with Crippen molar-refractivity contribution in [1.82, 2.24) is 41.5 Å². The molecule has 0 saturated heterocycles. The Bertz CT molecular complexity index is 2510. The fourth-order valence-corrected chi connectivity index (χ4v) is 6.96. The van der Waals surface area contributed by atoms with Crippen LogP contribution < -0.4 is 37.1 Å². The monoisotopic (exact) mass is 883 g/mol. The quantitative estimate of drug-likeness (QED) is 0.0471. The molecule has 5 atom stereocenters. The average molecular weight is 884 g/mol. The van der Waals surface area contributed by atoms with Crippen LogP contribution >= 0.6 is 0 Å². The second kappa shape index (κ2) is 23.1. The molecule has 17 nitrogen and oxygen atoms in total. The number of ether oxygens (including phenoxy) is 2. The minimum atomic E-state index is -1.40. The molecular weight excluding hydrogens is 831 g/mol. The number of benzene rings is 4. The number of H-pyrrole nitrogens is 2. The number of aromatic amines is 2. The first-order valence-corrected chi connectivity index (χ1v) is 21.1. The van der Waals surface area contributed by atoms with E-state index in [0.717, 1.165) is 22.0 Å². The second-order valence-electron chi connectivity index (χ2n) is 15.5. The van der Waals surface area contributed by atoms with Crippen LogP contribution in [0.25, 0.3) is 10.9 Å². The van der Waals surface area contributed by atoms with Crippen molar-refractivity contribution in [2.45, 2.75) is 76.5 Å². The molecule has 0 unspecified atom stereocenters. The smallest absolute Gasteiger partial charge is 0.245 e. The van der Waals surface area contributed by atoms with Crippen molar-refractivity contribution in [3.8, 4) is 5.75 Å². The van der Waals surface area contributed by atoms with E-state index in [-0.39, 0.29) is 32.5 Å². The summed E-state index contributed by atoms with van der Waals surface area (Å²) >= 11 is 0. The van der Waals surface area contributed by atoms with E-state index in [0.29, 0.717) is 29.2 Å². The fourth-order valence-electron chi connectivity index (χ4n) is 6.96. The summed E-state index contributed by atoms with van der Waals surface area (Å²) in [5.41, 5.74) is 9.98. The number of nitrogens with one attached hydrogen (secondary N) is 7. The van der Waals surface area contributed by atoms with Crippen molar-refractivity contribution in [3.63, 3.8) is 0 Å². The normalized spacial score (nSPS) is 13.3. The summed E-state index contributed by atoms with van der Waals surface area (Å²) < 4.78 is 12.0. The third-order valence-corrected chi connectivity index (χ3v) is 10.5. The highest BCUT2D eigenvalue weighted by molar-refractivity contribution is 5.97. The average Bonchev–Trinajstić information content (AvgIpc) is 3.98.